The average Bonchev–Trinajstić information content (AvgIpc) is 2.80. The van der Waals surface area contributed by atoms with E-state index in [-0.39, 0.29) is 16.9 Å². The summed E-state index contributed by atoms with van der Waals surface area (Å²) in [6, 6.07) is 5.46. The maximum Gasteiger partial charge on any atom is 0.358 e. The monoisotopic (exact) mass is 257 g/mol. The zero-order chi connectivity index (χ0) is 13.7. The Morgan fingerprint density at radius 2 is 2.11 bits per heavy atom. The minimum atomic E-state index is -1.15. The van der Waals surface area contributed by atoms with E-state index in [9.17, 15) is 9.59 Å². The summed E-state index contributed by atoms with van der Waals surface area (Å²) in [7, 11) is 1.55. The number of aromatic nitrogens is 3. The first-order valence-corrected chi connectivity index (χ1v) is 5.70. The molecule has 0 atom stereocenters. The van der Waals surface area contributed by atoms with Crippen LogP contribution in [0.2, 0.25) is 0 Å². The number of carbonyl (C=O) groups is 1. The molecule has 1 aromatic carbocycles. The van der Waals surface area contributed by atoms with Gasteiger partial charge in [-0.2, -0.15) is 0 Å². The fraction of sp³-hybridized carbons (Fsp3) is 0.154. The Morgan fingerprint density at radius 3 is 2.79 bits per heavy atom. The van der Waals surface area contributed by atoms with E-state index in [1.165, 1.54) is 10.9 Å². The van der Waals surface area contributed by atoms with Crippen molar-refractivity contribution < 1.29 is 9.90 Å². The second-order valence-corrected chi connectivity index (χ2v) is 4.48. The van der Waals surface area contributed by atoms with E-state index in [0.717, 1.165) is 5.56 Å². The van der Waals surface area contributed by atoms with Crippen LogP contribution in [0.15, 0.2) is 29.3 Å². The number of benzene rings is 1. The van der Waals surface area contributed by atoms with Gasteiger partial charge in [0.25, 0.3) is 5.56 Å². The molecule has 3 rings (SSSR count). The maximum atomic E-state index is 12.3. The van der Waals surface area contributed by atoms with E-state index in [0.29, 0.717) is 10.9 Å². The summed E-state index contributed by atoms with van der Waals surface area (Å²) in [5.41, 5.74) is 1.57. The number of nitrogens with zero attached hydrogens (tertiary/aromatic N) is 3. The van der Waals surface area contributed by atoms with Gasteiger partial charge in [-0.15, -0.1) is 0 Å². The van der Waals surface area contributed by atoms with Crippen molar-refractivity contribution in [3.8, 4) is 0 Å². The molecule has 0 fully saturated rings. The van der Waals surface area contributed by atoms with Crippen LogP contribution in [-0.4, -0.2) is 25.0 Å². The van der Waals surface area contributed by atoms with Crippen LogP contribution in [0.5, 0.6) is 0 Å². The Bertz CT molecular complexity index is 889. The highest BCUT2D eigenvalue weighted by Crippen LogP contribution is 2.17. The molecule has 0 amide bonds. The van der Waals surface area contributed by atoms with Gasteiger partial charge >= 0.3 is 5.97 Å². The zero-order valence-corrected chi connectivity index (χ0v) is 10.4. The number of aromatic carboxylic acids is 1. The van der Waals surface area contributed by atoms with Gasteiger partial charge < -0.3 is 5.11 Å². The SMILES string of the molecule is Cc1ccc2c(c1)c(=O)n(C)c1c(C(=O)O)ncn21. The highest BCUT2D eigenvalue weighted by molar-refractivity contribution is 5.94. The summed E-state index contributed by atoms with van der Waals surface area (Å²) in [5.74, 6) is -1.15. The van der Waals surface area contributed by atoms with Crippen LogP contribution in [0, 0.1) is 6.92 Å². The normalized spacial score (nSPS) is 11.3. The smallest absolute Gasteiger partial charge is 0.358 e. The molecule has 3 aromatic rings. The standard InChI is InChI=1S/C13H11N3O3/c1-7-3-4-9-8(5-7)12(17)15(2)11-10(13(18)19)14-6-16(9)11/h3-6H,1-2H3,(H,18,19). The minimum absolute atomic E-state index is 0.123. The Hall–Kier alpha value is -2.63. The molecule has 0 saturated carbocycles. The number of rotatable bonds is 1. The summed E-state index contributed by atoms with van der Waals surface area (Å²) < 4.78 is 2.94. The van der Waals surface area contributed by atoms with Gasteiger partial charge in [-0.05, 0) is 19.1 Å². The van der Waals surface area contributed by atoms with E-state index in [1.54, 1.807) is 23.6 Å². The van der Waals surface area contributed by atoms with E-state index in [2.05, 4.69) is 4.98 Å². The third kappa shape index (κ3) is 1.46. The quantitative estimate of drug-likeness (QED) is 0.710. The van der Waals surface area contributed by atoms with Crippen LogP contribution in [0.1, 0.15) is 16.1 Å². The number of carboxylic acid groups (broad SMARTS) is 1. The highest BCUT2D eigenvalue weighted by atomic mass is 16.4. The van der Waals surface area contributed by atoms with Crippen LogP contribution in [0.25, 0.3) is 16.6 Å². The lowest BCUT2D eigenvalue weighted by molar-refractivity contribution is 0.0693. The molecule has 1 N–H and O–H groups in total. The number of hydrogen-bond acceptors (Lipinski definition) is 3. The van der Waals surface area contributed by atoms with Crippen LogP contribution in [0.3, 0.4) is 0 Å². The molecule has 0 bridgehead atoms. The maximum absolute atomic E-state index is 12.3. The van der Waals surface area contributed by atoms with Gasteiger partial charge in [0, 0.05) is 7.05 Å². The summed E-state index contributed by atoms with van der Waals surface area (Å²) >= 11 is 0. The molecule has 0 spiro atoms. The van der Waals surface area contributed by atoms with Crippen LogP contribution in [0.4, 0.5) is 0 Å². The molecule has 0 aliphatic rings. The first-order valence-electron chi connectivity index (χ1n) is 5.70. The van der Waals surface area contributed by atoms with Gasteiger partial charge in [-0.25, -0.2) is 9.78 Å². The molecule has 2 heterocycles. The Kier molecular flexibility index (Phi) is 2.22. The molecule has 96 valence electrons. The number of hydrogen-bond donors (Lipinski definition) is 1. The minimum Gasteiger partial charge on any atom is -0.476 e. The third-order valence-electron chi connectivity index (χ3n) is 3.21. The molecular formula is C13H11N3O3. The first kappa shape index (κ1) is 11.5. The number of fused-ring (bicyclic) bond motifs is 3. The number of carboxylic acids is 1. The summed E-state index contributed by atoms with van der Waals surface area (Å²) in [4.78, 5) is 27.3. The lowest BCUT2D eigenvalue weighted by atomic mass is 10.1. The van der Waals surface area contributed by atoms with Crippen molar-refractivity contribution in [3.05, 3.63) is 46.1 Å². The van der Waals surface area contributed by atoms with Gasteiger partial charge in [-0.1, -0.05) is 11.6 Å². The molecule has 6 nitrogen and oxygen atoms in total. The van der Waals surface area contributed by atoms with E-state index >= 15 is 0 Å². The van der Waals surface area contributed by atoms with Crippen molar-refractivity contribution in [3.63, 3.8) is 0 Å². The van der Waals surface area contributed by atoms with Gasteiger partial charge in [-0.3, -0.25) is 13.8 Å². The van der Waals surface area contributed by atoms with Gasteiger partial charge in [0.2, 0.25) is 0 Å². The number of aryl methyl sites for hydroxylation is 2. The Labute approximate surface area is 107 Å². The van der Waals surface area contributed by atoms with E-state index < -0.39 is 5.97 Å². The lowest BCUT2D eigenvalue weighted by Gasteiger charge is -2.08. The molecule has 0 saturated heterocycles. The van der Waals surface area contributed by atoms with Crippen molar-refractivity contribution in [2.75, 3.05) is 0 Å². The highest BCUT2D eigenvalue weighted by Gasteiger charge is 2.17. The largest absolute Gasteiger partial charge is 0.476 e. The number of imidazole rings is 1. The van der Waals surface area contributed by atoms with Crippen LogP contribution in [-0.2, 0) is 7.05 Å². The molecule has 0 radical (unpaired) electrons. The summed E-state index contributed by atoms with van der Waals surface area (Å²) in [5, 5.41) is 9.66. The average molecular weight is 257 g/mol. The van der Waals surface area contributed by atoms with Crippen molar-refractivity contribution in [2.24, 2.45) is 7.05 Å². The second kappa shape index (κ2) is 3.68. The van der Waals surface area contributed by atoms with Crippen molar-refractivity contribution in [1.29, 1.82) is 0 Å². The lowest BCUT2D eigenvalue weighted by Crippen LogP contribution is -2.21. The first-order chi connectivity index (χ1) is 9.00. The molecule has 19 heavy (non-hydrogen) atoms. The fourth-order valence-electron chi connectivity index (χ4n) is 2.30. The Morgan fingerprint density at radius 1 is 1.37 bits per heavy atom. The predicted octanol–water partition coefficient (Wildman–Crippen LogP) is 1.19. The third-order valence-corrected chi connectivity index (χ3v) is 3.21. The zero-order valence-electron chi connectivity index (χ0n) is 10.4. The van der Waals surface area contributed by atoms with Crippen molar-refractivity contribution in [2.45, 2.75) is 6.92 Å². The van der Waals surface area contributed by atoms with E-state index in [4.69, 9.17) is 5.11 Å². The van der Waals surface area contributed by atoms with E-state index in [1.807, 2.05) is 13.0 Å². The Balaban J connectivity index is 2.64. The van der Waals surface area contributed by atoms with Crippen LogP contribution >= 0.6 is 0 Å². The molecule has 2 aromatic heterocycles. The summed E-state index contributed by atoms with van der Waals surface area (Å²) in [6.45, 7) is 1.90. The predicted molar refractivity (Wildman–Crippen MR) is 69.6 cm³/mol. The molecule has 0 unspecified atom stereocenters. The van der Waals surface area contributed by atoms with Crippen molar-refractivity contribution in [1.82, 2.24) is 14.0 Å². The van der Waals surface area contributed by atoms with Gasteiger partial charge in [0.1, 0.15) is 6.33 Å². The van der Waals surface area contributed by atoms with Gasteiger partial charge in [0.15, 0.2) is 11.3 Å². The topological polar surface area (TPSA) is 76.6 Å². The summed E-state index contributed by atoms with van der Waals surface area (Å²) in [6.07, 6.45) is 1.43. The second-order valence-electron chi connectivity index (χ2n) is 4.48. The van der Waals surface area contributed by atoms with Gasteiger partial charge in [0.05, 0.1) is 10.9 Å². The van der Waals surface area contributed by atoms with Crippen LogP contribution < -0.4 is 5.56 Å². The molecular weight excluding hydrogens is 246 g/mol. The molecule has 0 aliphatic heterocycles. The molecule has 0 aliphatic carbocycles. The van der Waals surface area contributed by atoms with Crippen molar-refractivity contribution >= 4 is 22.5 Å². The fourth-order valence-corrected chi connectivity index (χ4v) is 2.30. The molecule has 6 heteroatoms.